The van der Waals surface area contributed by atoms with Gasteiger partial charge in [0.15, 0.2) is 0 Å². The first-order valence-electron chi connectivity index (χ1n) is 5.50. The summed E-state index contributed by atoms with van der Waals surface area (Å²) in [5.74, 6) is 2.64. The molecule has 1 rings (SSSR count). The molecule has 0 bridgehead atoms. The van der Waals surface area contributed by atoms with E-state index < -0.39 is 0 Å². The number of terminal acetylenes is 1. The molecule has 0 saturated heterocycles. The number of nitrogens with one attached hydrogen (secondary N) is 1. The van der Waals surface area contributed by atoms with Gasteiger partial charge >= 0.3 is 0 Å². The van der Waals surface area contributed by atoms with Crippen molar-refractivity contribution in [2.24, 2.45) is 0 Å². The van der Waals surface area contributed by atoms with Crippen LogP contribution in [0, 0.1) is 12.3 Å². The lowest BCUT2D eigenvalue weighted by atomic mass is 10.1. The van der Waals surface area contributed by atoms with Gasteiger partial charge in [-0.3, -0.25) is 0 Å². The smallest absolute Gasteiger partial charge is 0.0384 e. The summed E-state index contributed by atoms with van der Waals surface area (Å²) in [6.45, 7) is 7.87. The Morgan fingerprint density at radius 3 is 2.53 bits per heavy atom. The van der Waals surface area contributed by atoms with Crippen LogP contribution in [0.25, 0.3) is 0 Å². The van der Waals surface area contributed by atoms with Crippen molar-refractivity contribution in [3.8, 4) is 12.3 Å². The van der Waals surface area contributed by atoms with E-state index in [9.17, 15) is 0 Å². The van der Waals surface area contributed by atoms with E-state index in [2.05, 4.69) is 17.8 Å². The van der Waals surface area contributed by atoms with Crippen molar-refractivity contribution in [3.05, 3.63) is 65.9 Å². The predicted molar refractivity (Wildman–Crippen MR) is 75.6 cm³/mol. The summed E-state index contributed by atoms with van der Waals surface area (Å²) in [6, 6.07) is 9.92. The Bertz CT molecular complexity index is 484. The van der Waals surface area contributed by atoms with Gasteiger partial charge < -0.3 is 5.32 Å². The van der Waals surface area contributed by atoms with E-state index in [4.69, 9.17) is 6.42 Å². The molecule has 0 aliphatic rings. The second-order valence-electron chi connectivity index (χ2n) is 3.69. The summed E-state index contributed by atoms with van der Waals surface area (Å²) < 4.78 is 0. The Hall–Kier alpha value is -2.20. The largest absolute Gasteiger partial charge is 0.356 e. The zero-order valence-electron chi connectivity index (χ0n) is 10.3. The lowest BCUT2D eigenvalue weighted by Crippen LogP contribution is -1.96. The Kier molecular flexibility index (Phi) is 4.84. The fourth-order valence-corrected chi connectivity index (χ4v) is 1.51. The van der Waals surface area contributed by atoms with Crippen molar-refractivity contribution in [2.45, 2.75) is 13.8 Å². The average Bonchev–Trinajstić information content (AvgIpc) is 2.31. The van der Waals surface area contributed by atoms with E-state index in [0.29, 0.717) is 0 Å². The molecule has 0 fully saturated rings. The number of rotatable bonds is 4. The van der Waals surface area contributed by atoms with Gasteiger partial charge in [-0.1, -0.05) is 36.8 Å². The minimum Gasteiger partial charge on any atom is -0.356 e. The number of allylic oxidation sites excluding steroid dienone is 4. The molecule has 0 amide bonds. The van der Waals surface area contributed by atoms with E-state index in [1.54, 1.807) is 0 Å². The molecule has 0 radical (unpaired) electrons. The zero-order chi connectivity index (χ0) is 12.7. The zero-order valence-corrected chi connectivity index (χ0v) is 10.3. The molecular weight excluding hydrogens is 206 g/mol. The third kappa shape index (κ3) is 4.04. The van der Waals surface area contributed by atoms with E-state index in [-0.39, 0.29) is 0 Å². The molecule has 1 heteroatoms. The highest BCUT2D eigenvalue weighted by Gasteiger charge is 1.96. The summed E-state index contributed by atoms with van der Waals surface area (Å²) in [4.78, 5) is 0. The Morgan fingerprint density at radius 2 is 2.00 bits per heavy atom. The van der Waals surface area contributed by atoms with Crippen LogP contribution in [0.4, 0.5) is 5.69 Å². The Morgan fingerprint density at radius 1 is 1.35 bits per heavy atom. The fourth-order valence-electron chi connectivity index (χ4n) is 1.51. The van der Waals surface area contributed by atoms with Gasteiger partial charge in [-0.2, -0.15) is 0 Å². The second kappa shape index (κ2) is 6.40. The van der Waals surface area contributed by atoms with Crippen LogP contribution < -0.4 is 5.32 Å². The number of hydrogen-bond donors (Lipinski definition) is 1. The first-order valence-corrected chi connectivity index (χ1v) is 5.50. The van der Waals surface area contributed by atoms with Crippen molar-refractivity contribution in [1.82, 2.24) is 0 Å². The van der Waals surface area contributed by atoms with Crippen molar-refractivity contribution in [3.63, 3.8) is 0 Å². The molecule has 0 saturated carbocycles. The van der Waals surface area contributed by atoms with Crippen molar-refractivity contribution in [2.75, 3.05) is 5.32 Å². The molecule has 1 nitrogen and oxygen atoms in total. The van der Waals surface area contributed by atoms with Crippen LogP contribution in [0.2, 0.25) is 0 Å². The third-order valence-corrected chi connectivity index (χ3v) is 2.34. The van der Waals surface area contributed by atoms with Crippen LogP contribution in [-0.2, 0) is 0 Å². The quantitative estimate of drug-likeness (QED) is 0.597. The number of hydrogen-bond acceptors (Lipinski definition) is 1. The lowest BCUT2D eigenvalue weighted by molar-refractivity contribution is 1.38. The number of para-hydroxylation sites is 1. The van der Waals surface area contributed by atoms with Crippen LogP contribution in [0.15, 0.2) is 65.9 Å². The van der Waals surface area contributed by atoms with Gasteiger partial charge in [-0.25, -0.2) is 0 Å². The van der Waals surface area contributed by atoms with Gasteiger partial charge in [0, 0.05) is 17.0 Å². The number of anilines is 1. The maximum absolute atomic E-state index is 5.40. The fraction of sp³-hybridized carbons (Fsp3) is 0.125. The molecule has 0 spiro atoms. The second-order valence-corrected chi connectivity index (χ2v) is 3.69. The van der Waals surface area contributed by atoms with Crippen LogP contribution >= 0.6 is 0 Å². The van der Waals surface area contributed by atoms with Crippen LogP contribution in [-0.4, -0.2) is 0 Å². The van der Waals surface area contributed by atoms with Crippen LogP contribution in [0.1, 0.15) is 13.8 Å². The highest BCUT2D eigenvalue weighted by molar-refractivity contribution is 5.53. The molecule has 1 N–H and O–H groups in total. The average molecular weight is 223 g/mol. The van der Waals surface area contributed by atoms with Crippen molar-refractivity contribution >= 4 is 5.69 Å². The van der Waals surface area contributed by atoms with E-state index in [0.717, 1.165) is 22.5 Å². The summed E-state index contributed by atoms with van der Waals surface area (Å²) in [6.07, 6.45) is 9.27. The normalized spacial score (nSPS) is 11.8. The molecular formula is C16H17N. The summed E-state index contributed by atoms with van der Waals surface area (Å²) in [5, 5.41) is 3.21. The minimum absolute atomic E-state index is 0.822. The highest BCUT2D eigenvalue weighted by Crippen LogP contribution is 2.13. The molecule has 1 aromatic carbocycles. The lowest BCUT2D eigenvalue weighted by Gasteiger charge is -2.07. The SMILES string of the molecule is C#CC(=C/C)/C(C)=C\C(=C)Nc1ccccc1. The first kappa shape index (κ1) is 12.9. The summed E-state index contributed by atoms with van der Waals surface area (Å²) >= 11 is 0. The first-order chi connectivity index (χ1) is 8.17. The van der Waals surface area contributed by atoms with Crippen LogP contribution in [0.3, 0.4) is 0 Å². The topological polar surface area (TPSA) is 12.0 Å². The Balaban J connectivity index is 2.74. The minimum atomic E-state index is 0.822. The predicted octanol–water partition coefficient (Wildman–Crippen LogP) is 4.14. The standard InChI is InChI=1S/C16H17N/c1-5-15(6-2)13(3)12-14(4)17-16-10-8-7-9-11-16/h1,6-12,17H,4H2,2-3H3/b13-12-,15-6-. The summed E-state index contributed by atoms with van der Waals surface area (Å²) in [7, 11) is 0. The van der Waals surface area contributed by atoms with Gasteiger partial charge in [-0.15, -0.1) is 6.42 Å². The molecule has 0 atom stereocenters. The molecule has 0 aliphatic carbocycles. The molecule has 0 unspecified atom stereocenters. The molecule has 86 valence electrons. The van der Waals surface area contributed by atoms with E-state index in [1.165, 1.54) is 0 Å². The highest BCUT2D eigenvalue weighted by atomic mass is 14.9. The maximum atomic E-state index is 5.40. The van der Waals surface area contributed by atoms with Gasteiger partial charge in [0.25, 0.3) is 0 Å². The van der Waals surface area contributed by atoms with Gasteiger partial charge in [0.05, 0.1) is 0 Å². The van der Waals surface area contributed by atoms with Gasteiger partial charge in [-0.05, 0) is 37.6 Å². The summed E-state index contributed by atoms with van der Waals surface area (Å²) in [5.41, 5.74) is 3.76. The van der Waals surface area contributed by atoms with Gasteiger partial charge in [0.1, 0.15) is 0 Å². The molecule has 17 heavy (non-hydrogen) atoms. The van der Waals surface area contributed by atoms with Crippen LogP contribution in [0.5, 0.6) is 0 Å². The van der Waals surface area contributed by atoms with Crippen molar-refractivity contribution in [1.29, 1.82) is 0 Å². The Labute approximate surface area is 104 Å². The maximum Gasteiger partial charge on any atom is 0.0384 e. The molecule has 1 aromatic rings. The number of benzene rings is 1. The molecule has 0 aromatic heterocycles. The molecule has 0 aliphatic heterocycles. The monoisotopic (exact) mass is 223 g/mol. The van der Waals surface area contributed by atoms with E-state index >= 15 is 0 Å². The van der Waals surface area contributed by atoms with Gasteiger partial charge in [0.2, 0.25) is 0 Å². The van der Waals surface area contributed by atoms with E-state index in [1.807, 2.05) is 56.3 Å². The van der Waals surface area contributed by atoms with Crippen molar-refractivity contribution < 1.29 is 0 Å². The third-order valence-electron chi connectivity index (χ3n) is 2.34. The molecule has 0 heterocycles.